The first kappa shape index (κ1) is 25.2. The zero-order valence-corrected chi connectivity index (χ0v) is 20.7. The van der Waals surface area contributed by atoms with Gasteiger partial charge in [-0.15, -0.1) is 24.0 Å². The van der Waals surface area contributed by atoms with E-state index >= 15 is 0 Å². The number of hydrogen-bond donors (Lipinski definition) is 1. The van der Waals surface area contributed by atoms with Crippen LogP contribution in [0.4, 0.5) is 0 Å². The highest BCUT2D eigenvalue weighted by Gasteiger charge is 2.30. The number of nitrogens with zero attached hydrogens (tertiary/aromatic N) is 3. The van der Waals surface area contributed by atoms with Crippen molar-refractivity contribution in [3.8, 4) is 5.75 Å². The molecule has 2 heterocycles. The minimum Gasteiger partial charge on any atom is -0.497 e. The average Bonchev–Trinajstić information content (AvgIpc) is 3.26. The molecule has 0 radical (unpaired) electrons. The zero-order chi connectivity index (χ0) is 20.3. The third-order valence-corrected chi connectivity index (χ3v) is 5.50. The van der Waals surface area contributed by atoms with E-state index in [1.165, 1.54) is 6.42 Å². The van der Waals surface area contributed by atoms with E-state index in [2.05, 4.69) is 22.0 Å². The van der Waals surface area contributed by atoms with Gasteiger partial charge in [0.15, 0.2) is 5.96 Å². The molecule has 8 heteroatoms. The number of ether oxygens (including phenoxy) is 3. The highest BCUT2D eigenvalue weighted by Crippen LogP contribution is 2.17. The Morgan fingerprint density at radius 1 is 1.20 bits per heavy atom. The predicted molar refractivity (Wildman–Crippen MR) is 131 cm³/mol. The molecule has 0 bridgehead atoms. The monoisotopic (exact) mass is 532 g/mol. The molecule has 1 N–H and O–H groups in total. The lowest BCUT2D eigenvalue weighted by molar-refractivity contribution is 0.0195. The number of morpholine rings is 1. The van der Waals surface area contributed by atoms with E-state index < -0.39 is 0 Å². The molecular weight excluding hydrogens is 495 g/mol. The Balaban J connectivity index is 0.00000320. The third kappa shape index (κ3) is 7.86. The molecule has 1 aromatic carbocycles. The summed E-state index contributed by atoms with van der Waals surface area (Å²) in [7, 11) is 1.68. The summed E-state index contributed by atoms with van der Waals surface area (Å²) in [5.74, 6) is 1.91. The van der Waals surface area contributed by atoms with Gasteiger partial charge in [0.1, 0.15) is 5.75 Å². The van der Waals surface area contributed by atoms with Crippen molar-refractivity contribution in [1.29, 1.82) is 0 Å². The molecule has 2 saturated heterocycles. The quantitative estimate of drug-likeness (QED) is 0.229. The van der Waals surface area contributed by atoms with Crippen LogP contribution in [0.2, 0.25) is 0 Å². The number of guanidine groups is 1. The van der Waals surface area contributed by atoms with Crippen LogP contribution < -0.4 is 10.1 Å². The number of halogens is 1. The number of benzene rings is 1. The fourth-order valence-corrected chi connectivity index (χ4v) is 3.86. The van der Waals surface area contributed by atoms with Crippen LogP contribution in [0.5, 0.6) is 5.75 Å². The van der Waals surface area contributed by atoms with Crippen molar-refractivity contribution < 1.29 is 14.2 Å². The van der Waals surface area contributed by atoms with Crippen LogP contribution in [-0.2, 0) is 16.1 Å². The van der Waals surface area contributed by atoms with Gasteiger partial charge in [0.05, 0.1) is 26.9 Å². The summed E-state index contributed by atoms with van der Waals surface area (Å²) < 4.78 is 16.5. The second kappa shape index (κ2) is 14.1. The maximum atomic E-state index is 5.79. The average molecular weight is 532 g/mol. The van der Waals surface area contributed by atoms with Crippen LogP contribution >= 0.6 is 24.0 Å². The van der Waals surface area contributed by atoms with E-state index in [0.29, 0.717) is 19.3 Å². The molecule has 2 aliphatic heterocycles. The normalized spacial score (nSPS) is 20.1. The van der Waals surface area contributed by atoms with Gasteiger partial charge < -0.3 is 24.4 Å². The maximum absolute atomic E-state index is 5.79. The summed E-state index contributed by atoms with van der Waals surface area (Å²) in [6.07, 6.45) is 2.13. The van der Waals surface area contributed by atoms with Gasteiger partial charge in [-0.25, -0.2) is 0 Å². The van der Waals surface area contributed by atoms with Crippen molar-refractivity contribution >= 4 is 29.9 Å². The summed E-state index contributed by atoms with van der Waals surface area (Å²) in [4.78, 5) is 9.81. The van der Waals surface area contributed by atoms with Crippen molar-refractivity contribution in [1.82, 2.24) is 15.1 Å². The molecule has 2 aliphatic rings. The number of hydrogen-bond acceptors (Lipinski definition) is 5. The summed E-state index contributed by atoms with van der Waals surface area (Å²) >= 11 is 0. The first-order chi connectivity index (χ1) is 14.3. The van der Waals surface area contributed by atoms with Gasteiger partial charge in [-0.2, -0.15) is 0 Å². The number of nitrogens with one attached hydrogen (secondary N) is 1. The van der Waals surface area contributed by atoms with E-state index in [0.717, 1.165) is 76.2 Å². The lowest BCUT2D eigenvalue weighted by Crippen LogP contribution is -2.46. The summed E-state index contributed by atoms with van der Waals surface area (Å²) in [5, 5.41) is 3.46. The van der Waals surface area contributed by atoms with Gasteiger partial charge in [0.25, 0.3) is 0 Å². The van der Waals surface area contributed by atoms with E-state index in [1.54, 1.807) is 7.11 Å². The number of rotatable bonds is 9. The first-order valence-corrected chi connectivity index (χ1v) is 10.9. The highest BCUT2D eigenvalue weighted by molar-refractivity contribution is 14.0. The molecule has 7 nitrogen and oxygen atoms in total. The molecule has 0 amide bonds. The largest absolute Gasteiger partial charge is 0.497 e. The molecule has 0 saturated carbocycles. The molecule has 1 atom stereocenters. The van der Waals surface area contributed by atoms with Gasteiger partial charge in [-0.3, -0.25) is 9.89 Å². The van der Waals surface area contributed by atoms with Crippen molar-refractivity contribution in [3.63, 3.8) is 0 Å². The third-order valence-electron chi connectivity index (χ3n) is 5.50. The first-order valence-electron chi connectivity index (χ1n) is 10.9. The van der Waals surface area contributed by atoms with Crippen LogP contribution in [0.1, 0.15) is 25.3 Å². The summed E-state index contributed by atoms with van der Waals surface area (Å²) in [5.41, 5.74) is 1.16. The Hall–Kier alpha value is -1.10. The molecule has 30 heavy (non-hydrogen) atoms. The molecule has 1 unspecified atom stereocenters. The number of methoxy groups -OCH3 is 1. The number of aliphatic imine (C=N–C) groups is 1. The Morgan fingerprint density at radius 3 is 2.67 bits per heavy atom. The molecular formula is C22H37IN4O3. The van der Waals surface area contributed by atoms with Crippen molar-refractivity contribution in [3.05, 3.63) is 29.8 Å². The zero-order valence-electron chi connectivity index (χ0n) is 18.3. The van der Waals surface area contributed by atoms with Gasteiger partial charge in [0, 0.05) is 51.9 Å². The lowest BCUT2D eigenvalue weighted by Gasteiger charge is -2.32. The fourth-order valence-electron chi connectivity index (χ4n) is 3.86. The van der Waals surface area contributed by atoms with Crippen molar-refractivity contribution in [2.45, 2.75) is 32.4 Å². The van der Waals surface area contributed by atoms with Crippen molar-refractivity contribution in [2.75, 3.05) is 66.2 Å². The molecule has 0 spiro atoms. The molecule has 170 valence electrons. The van der Waals surface area contributed by atoms with Crippen LogP contribution in [0.25, 0.3) is 0 Å². The smallest absolute Gasteiger partial charge is 0.193 e. The van der Waals surface area contributed by atoms with E-state index in [4.69, 9.17) is 19.2 Å². The van der Waals surface area contributed by atoms with Gasteiger partial charge >= 0.3 is 0 Å². The Labute approximate surface area is 198 Å². The lowest BCUT2D eigenvalue weighted by atomic mass is 10.2. The number of likely N-dealkylation sites (tertiary alicyclic amines) is 1. The van der Waals surface area contributed by atoms with Crippen LogP contribution in [0.15, 0.2) is 29.3 Å². The second-order valence-electron chi connectivity index (χ2n) is 7.53. The van der Waals surface area contributed by atoms with Crippen LogP contribution in [-0.4, -0.2) is 88.0 Å². The van der Waals surface area contributed by atoms with Gasteiger partial charge in [-0.05, 0) is 37.5 Å². The minimum absolute atomic E-state index is 0. The van der Waals surface area contributed by atoms with Gasteiger partial charge in [0.2, 0.25) is 0 Å². The standard InChI is InChI=1S/C22H36N4O3.HI/c1-3-23-22(26-11-9-20(17-26)25-12-15-28-16-13-25)24-10-4-14-29-18-19-5-7-21(27-2)8-6-19;/h5-8,20H,3-4,9-18H2,1-2H3,(H,23,24);1H. The Morgan fingerprint density at radius 2 is 1.97 bits per heavy atom. The molecule has 3 rings (SSSR count). The fraction of sp³-hybridized carbons (Fsp3) is 0.682. The Kier molecular flexibility index (Phi) is 11.8. The second-order valence-corrected chi connectivity index (χ2v) is 7.53. The van der Waals surface area contributed by atoms with Gasteiger partial charge in [-0.1, -0.05) is 12.1 Å². The van der Waals surface area contributed by atoms with Crippen molar-refractivity contribution in [2.24, 2.45) is 4.99 Å². The molecule has 2 fully saturated rings. The highest BCUT2D eigenvalue weighted by atomic mass is 127. The van der Waals surface area contributed by atoms with Crippen LogP contribution in [0.3, 0.4) is 0 Å². The van der Waals surface area contributed by atoms with Crippen LogP contribution in [0, 0.1) is 0 Å². The predicted octanol–water partition coefficient (Wildman–Crippen LogP) is 2.59. The van der Waals surface area contributed by atoms with E-state index in [-0.39, 0.29) is 24.0 Å². The summed E-state index contributed by atoms with van der Waals surface area (Å²) in [6, 6.07) is 8.63. The Bertz CT molecular complexity index is 623. The van der Waals surface area contributed by atoms with E-state index in [1.807, 2.05) is 24.3 Å². The molecule has 1 aromatic rings. The van der Waals surface area contributed by atoms with E-state index in [9.17, 15) is 0 Å². The molecule has 0 aromatic heterocycles. The topological polar surface area (TPSA) is 58.6 Å². The minimum atomic E-state index is 0. The SMILES string of the molecule is CCNC(=NCCCOCc1ccc(OC)cc1)N1CCC(N2CCOCC2)C1.I. The maximum Gasteiger partial charge on any atom is 0.193 e. The molecule has 0 aliphatic carbocycles. The summed E-state index contributed by atoms with van der Waals surface area (Å²) in [6.45, 7) is 11.1.